The van der Waals surface area contributed by atoms with Gasteiger partial charge in [0.2, 0.25) is 0 Å². The van der Waals surface area contributed by atoms with Crippen LogP contribution in [0.25, 0.3) is 11.8 Å². The van der Waals surface area contributed by atoms with E-state index in [0.29, 0.717) is 16.7 Å². The molecule has 0 aliphatic rings. The van der Waals surface area contributed by atoms with Gasteiger partial charge in [-0.15, -0.1) is 0 Å². The topological polar surface area (TPSA) is 43.1 Å². The molecular weight excluding hydrogens is 245 g/mol. The van der Waals surface area contributed by atoms with Gasteiger partial charge in [-0.05, 0) is 36.2 Å². The molecule has 19 heavy (non-hydrogen) atoms. The predicted molar refractivity (Wildman–Crippen MR) is 72.4 cm³/mol. The van der Waals surface area contributed by atoms with Crippen LogP contribution in [0.1, 0.15) is 16.7 Å². The fraction of sp³-hybridized carbons (Fsp3) is 0.0667. The van der Waals surface area contributed by atoms with Gasteiger partial charge in [-0.25, -0.2) is 4.39 Å². The molecule has 0 saturated carbocycles. The van der Waals surface area contributed by atoms with Crippen LogP contribution in [0.2, 0.25) is 0 Å². The molecule has 2 aromatic rings. The highest BCUT2D eigenvalue weighted by Crippen LogP contribution is 2.20. The number of hydrogen-bond acceptors (Lipinski definition) is 2. The molecule has 0 unspecified atom stereocenters. The van der Waals surface area contributed by atoms with Crippen LogP contribution in [-0.4, -0.2) is 4.92 Å². The van der Waals surface area contributed by atoms with E-state index in [0.717, 1.165) is 0 Å². The molecule has 2 aromatic carbocycles. The zero-order chi connectivity index (χ0) is 13.8. The van der Waals surface area contributed by atoms with Crippen LogP contribution < -0.4 is 0 Å². The second-order valence-electron chi connectivity index (χ2n) is 4.16. The lowest BCUT2D eigenvalue weighted by Crippen LogP contribution is -1.97. The Kier molecular flexibility index (Phi) is 3.71. The molecule has 0 radical (unpaired) electrons. The van der Waals surface area contributed by atoms with Gasteiger partial charge >= 0.3 is 0 Å². The monoisotopic (exact) mass is 257 g/mol. The first-order valence-corrected chi connectivity index (χ1v) is 5.75. The molecule has 0 saturated heterocycles. The number of hydrogen-bond donors (Lipinski definition) is 0. The maximum Gasteiger partial charge on any atom is 0.277 e. The fourth-order valence-corrected chi connectivity index (χ4v) is 1.71. The molecule has 0 aromatic heterocycles. The van der Waals surface area contributed by atoms with Crippen molar-refractivity contribution in [1.82, 2.24) is 0 Å². The van der Waals surface area contributed by atoms with E-state index in [2.05, 4.69) is 0 Å². The van der Waals surface area contributed by atoms with Crippen molar-refractivity contribution in [1.29, 1.82) is 0 Å². The van der Waals surface area contributed by atoms with E-state index in [1.165, 1.54) is 12.1 Å². The average Bonchev–Trinajstić information content (AvgIpc) is 2.40. The zero-order valence-electron chi connectivity index (χ0n) is 10.3. The summed E-state index contributed by atoms with van der Waals surface area (Å²) in [5.41, 5.74) is 1.43. The first-order chi connectivity index (χ1) is 9.08. The molecule has 0 N–H and O–H groups in total. The van der Waals surface area contributed by atoms with E-state index in [9.17, 15) is 14.5 Å². The molecule has 0 aliphatic heterocycles. The quantitative estimate of drug-likeness (QED) is 0.475. The highest BCUT2D eigenvalue weighted by Gasteiger charge is 2.13. The summed E-state index contributed by atoms with van der Waals surface area (Å²) in [5, 5.41) is 11.1. The van der Waals surface area contributed by atoms with Gasteiger partial charge in [0.15, 0.2) is 0 Å². The number of nitrogens with zero attached hydrogens (tertiary/aromatic N) is 1. The summed E-state index contributed by atoms with van der Waals surface area (Å²) in [6.07, 6.45) is 1.37. The summed E-state index contributed by atoms with van der Waals surface area (Å²) in [6, 6.07) is 13.1. The minimum absolute atomic E-state index is 0.0520. The first-order valence-electron chi connectivity index (χ1n) is 5.75. The largest absolute Gasteiger partial charge is 0.277 e. The van der Waals surface area contributed by atoms with Crippen molar-refractivity contribution in [3.8, 4) is 0 Å². The Morgan fingerprint density at radius 1 is 1.21 bits per heavy atom. The predicted octanol–water partition coefficient (Wildman–Crippen LogP) is 3.91. The third-order valence-electron chi connectivity index (χ3n) is 2.77. The number of rotatable bonds is 3. The molecular formula is C15H12FNO2. The van der Waals surface area contributed by atoms with Gasteiger partial charge in [-0.1, -0.05) is 30.3 Å². The lowest BCUT2D eigenvalue weighted by atomic mass is 10.1. The van der Waals surface area contributed by atoms with E-state index in [4.69, 9.17) is 0 Å². The molecule has 0 spiro atoms. The maximum absolute atomic E-state index is 13.4. The van der Waals surface area contributed by atoms with E-state index in [1.807, 2.05) is 0 Å². The van der Waals surface area contributed by atoms with E-state index in [1.54, 1.807) is 49.4 Å². The van der Waals surface area contributed by atoms with Crippen LogP contribution in [0, 0.1) is 22.9 Å². The minimum Gasteiger partial charge on any atom is -0.258 e. The summed E-state index contributed by atoms with van der Waals surface area (Å²) >= 11 is 0. The smallest absolute Gasteiger partial charge is 0.258 e. The van der Waals surface area contributed by atoms with Crippen molar-refractivity contribution in [2.75, 3.05) is 0 Å². The Morgan fingerprint density at radius 2 is 1.89 bits per heavy atom. The molecule has 96 valence electrons. The molecule has 0 amide bonds. The summed E-state index contributed by atoms with van der Waals surface area (Å²) in [5.74, 6) is -0.371. The van der Waals surface area contributed by atoms with Crippen LogP contribution in [0.5, 0.6) is 0 Å². The molecule has 0 bridgehead atoms. The van der Waals surface area contributed by atoms with E-state index < -0.39 is 4.92 Å². The van der Waals surface area contributed by atoms with Crippen molar-refractivity contribution in [3.05, 3.63) is 81.2 Å². The number of benzene rings is 2. The molecule has 0 fully saturated rings. The van der Waals surface area contributed by atoms with E-state index >= 15 is 0 Å². The van der Waals surface area contributed by atoms with Crippen molar-refractivity contribution >= 4 is 11.8 Å². The van der Waals surface area contributed by atoms with Crippen molar-refractivity contribution < 1.29 is 9.31 Å². The second-order valence-corrected chi connectivity index (χ2v) is 4.16. The van der Waals surface area contributed by atoms with E-state index in [-0.39, 0.29) is 11.5 Å². The van der Waals surface area contributed by atoms with Crippen molar-refractivity contribution in [2.45, 2.75) is 6.92 Å². The molecule has 0 heterocycles. The normalized spacial score (nSPS) is 11.4. The van der Waals surface area contributed by atoms with Crippen LogP contribution in [-0.2, 0) is 0 Å². The average molecular weight is 257 g/mol. The Hall–Kier alpha value is -2.49. The molecule has 0 atom stereocenters. The Balaban J connectivity index is 2.47. The van der Waals surface area contributed by atoms with Crippen LogP contribution >= 0.6 is 0 Å². The van der Waals surface area contributed by atoms with Gasteiger partial charge in [0.05, 0.1) is 10.5 Å². The zero-order valence-corrected chi connectivity index (χ0v) is 10.3. The lowest BCUT2D eigenvalue weighted by Gasteiger charge is -2.01. The maximum atomic E-state index is 13.4. The minimum atomic E-state index is -0.465. The van der Waals surface area contributed by atoms with Crippen LogP contribution in [0.15, 0.2) is 48.5 Å². The first kappa shape index (κ1) is 13.0. The van der Waals surface area contributed by atoms with Gasteiger partial charge in [0.25, 0.3) is 5.70 Å². The summed E-state index contributed by atoms with van der Waals surface area (Å²) in [4.78, 5) is 10.6. The molecule has 2 rings (SSSR count). The number of nitro groups is 1. The summed E-state index contributed by atoms with van der Waals surface area (Å²) in [7, 11) is 0. The second kappa shape index (κ2) is 5.44. The molecule has 4 heteroatoms. The number of halogens is 1. The van der Waals surface area contributed by atoms with Crippen LogP contribution in [0.4, 0.5) is 4.39 Å². The van der Waals surface area contributed by atoms with Crippen LogP contribution in [0.3, 0.4) is 0 Å². The van der Waals surface area contributed by atoms with Gasteiger partial charge in [-0.3, -0.25) is 10.1 Å². The fourth-order valence-electron chi connectivity index (χ4n) is 1.71. The lowest BCUT2D eigenvalue weighted by molar-refractivity contribution is -0.374. The molecule has 3 nitrogen and oxygen atoms in total. The molecule has 0 aliphatic carbocycles. The summed E-state index contributed by atoms with van der Waals surface area (Å²) < 4.78 is 13.4. The SMILES string of the molecule is Cc1ccc(/C=C(\c2ccccc2)[N+](=O)[O-])cc1F. The van der Waals surface area contributed by atoms with Crippen molar-refractivity contribution in [2.24, 2.45) is 0 Å². The number of aryl methyl sites for hydroxylation is 1. The highest BCUT2D eigenvalue weighted by molar-refractivity contribution is 5.76. The van der Waals surface area contributed by atoms with Crippen molar-refractivity contribution in [3.63, 3.8) is 0 Å². The van der Waals surface area contributed by atoms with Gasteiger partial charge in [0.1, 0.15) is 5.82 Å². The third-order valence-corrected chi connectivity index (χ3v) is 2.77. The van der Waals surface area contributed by atoms with Gasteiger partial charge < -0.3 is 0 Å². The summed E-state index contributed by atoms with van der Waals surface area (Å²) in [6.45, 7) is 1.65. The highest BCUT2D eigenvalue weighted by atomic mass is 19.1. The van der Waals surface area contributed by atoms with Gasteiger partial charge in [-0.2, -0.15) is 0 Å². The Morgan fingerprint density at radius 3 is 2.47 bits per heavy atom. The Bertz CT molecular complexity index is 636. The van der Waals surface area contributed by atoms with Gasteiger partial charge in [0, 0.05) is 6.08 Å². The third kappa shape index (κ3) is 3.04. The Labute approximate surface area is 110 Å². The standard InChI is InChI=1S/C15H12FNO2/c1-11-7-8-12(9-14(11)16)10-15(17(18)19)13-5-3-2-4-6-13/h2-10H,1H3/b15-10+.